The van der Waals surface area contributed by atoms with Gasteiger partial charge in [0, 0.05) is 29.6 Å². The SMILES string of the molecule is CN(C)c1ccc(/C=N\NC(=O)c2cc3cc(Br)cc(Br)c3o2)cc1. The molecule has 7 heteroatoms. The van der Waals surface area contributed by atoms with Crippen LogP contribution in [0, 0.1) is 0 Å². The molecule has 0 atom stereocenters. The molecule has 0 spiro atoms. The highest BCUT2D eigenvalue weighted by atomic mass is 79.9. The number of hydrazone groups is 1. The number of halogens is 2. The van der Waals surface area contributed by atoms with Gasteiger partial charge >= 0.3 is 5.91 Å². The van der Waals surface area contributed by atoms with Crippen LogP contribution in [0.4, 0.5) is 5.69 Å². The summed E-state index contributed by atoms with van der Waals surface area (Å²) in [6.07, 6.45) is 1.59. The second-order valence-corrected chi connectivity index (χ2v) is 7.37. The largest absolute Gasteiger partial charge is 0.450 e. The molecule has 3 aromatic rings. The number of furan rings is 1. The molecular formula is C18H15Br2N3O2. The molecule has 0 aliphatic rings. The van der Waals surface area contributed by atoms with Crippen LogP contribution in [0.2, 0.25) is 0 Å². The van der Waals surface area contributed by atoms with E-state index in [0.717, 1.165) is 25.6 Å². The zero-order chi connectivity index (χ0) is 18.0. The third-order valence-electron chi connectivity index (χ3n) is 3.55. The third-order valence-corrected chi connectivity index (χ3v) is 4.60. The number of carbonyl (C=O) groups excluding carboxylic acids is 1. The Bertz CT molecular complexity index is 947. The van der Waals surface area contributed by atoms with E-state index in [0.29, 0.717) is 5.58 Å². The maximum absolute atomic E-state index is 12.2. The van der Waals surface area contributed by atoms with Crippen molar-refractivity contribution in [3.05, 3.63) is 62.7 Å². The molecule has 0 radical (unpaired) electrons. The number of amides is 1. The van der Waals surface area contributed by atoms with Crippen LogP contribution < -0.4 is 10.3 Å². The van der Waals surface area contributed by atoms with Gasteiger partial charge in [-0.25, -0.2) is 5.43 Å². The number of hydrogen-bond acceptors (Lipinski definition) is 4. The molecule has 1 aromatic heterocycles. The van der Waals surface area contributed by atoms with Crippen LogP contribution in [0.1, 0.15) is 16.1 Å². The van der Waals surface area contributed by atoms with Gasteiger partial charge < -0.3 is 9.32 Å². The van der Waals surface area contributed by atoms with Crippen LogP contribution >= 0.6 is 31.9 Å². The summed E-state index contributed by atoms with van der Waals surface area (Å²) >= 11 is 6.83. The second kappa shape index (κ2) is 7.41. The highest BCUT2D eigenvalue weighted by Gasteiger charge is 2.14. The molecule has 0 saturated heterocycles. The molecule has 3 rings (SSSR count). The van der Waals surface area contributed by atoms with Crippen molar-refractivity contribution >= 4 is 60.6 Å². The fourth-order valence-corrected chi connectivity index (χ4v) is 3.61. The molecule has 0 aliphatic heterocycles. The van der Waals surface area contributed by atoms with Gasteiger partial charge in [-0.2, -0.15) is 5.10 Å². The summed E-state index contributed by atoms with van der Waals surface area (Å²) in [5, 5.41) is 4.81. The van der Waals surface area contributed by atoms with Gasteiger partial charge in [-0.1, -0.05) is 28.1 Å². The number of benzene rings is 2. The summed E-state index contributed by atoms with van der Waals surface area (Å²) in [4.78, 5) is 14.2. The van der Waals surface area contributed by atoms with E-state index in [1.807, 2.05) is 55.4 Å². The first kappa shape index (κ1) is 17.7. The molecule has 2 aromatic carbocycles. The normalized spacial score (nSPS) is 11.2. The van der Waals surface area contributed by atoms with Crippen LogP contribution in [0.3, 0.4) is 0 Å². The average Bonchev–Trinajstić information content (AvgIpc) is 2.99. The monoisotopic (exact) mass is 463 g/mol. The molecule has 0 aliphatic carbocycles. The second-order valence-electron chi connectivity index (χ2n) is 5.60. The highest BCUT2D eigenvalue weighted by molar-refractivity contribution is 9.11. The Labute approximate surface area is 161 Å². The van der Waals surface area contributed by atoms with Gasteiger partial charge in [0.1, 0.15) is 5.58 Å². The number of anilines is 1. The number of rotatable bonds is 4. The number of hydrogen-bond donors (Lipinski definition) is 1. The van der Waals surface area contributed by atoms with Gasteiger partial charge in [-0.3, -0.25) is 4.79 Å². The van der Waals surface area contributed by atoms with E-state index in [9.17, 15) is 4.79 Å². The molecule has 1 heterocycles. The zero-order valence-electron chi connectivity index (χ0n) is 13.6. The summed E-state index contributed by atoms with van der Waals surface area (Å²) < 4.78 is 7.28. The van der Waals surface area contributed by atoms with E-state index >= 15 is 0 Å². The van der Waals surface area contributed by atoms with E-state index in [-0.39, 0.29) is 5.76 Å². The molecule has 128 valence electrons. The van der Waals surface area contributed by atoms with E-state index in [4.69, 9.17) is 4.42 Å². The first-order chi connectivity index (χ1) is 11.9. The van der Waals surface area contributed by atoms with Gasteiger partial charge in [0.2, 0.25) is 0 Å². The predicted molar refractivity (Wildman–Crippen MR) is 107 cm³/mol. The van der Waals surface area contributed by atoms with Crippen LogP contribution in [-0.2, 0) is 0 Å². The van der Waals surface area contributed by atoms with E-state index < -0.39 is 5.91 Å². The van der Waals surface area contributed by atoms with Crippen molar-refractivity contribution < 1.29 is 9.21 Å². The maximum atomic E-state index is 12.2. The Morgan fingerprint density at radius 3 is 2.56 bits per heavy atom. The molecule has 0 saturated carbocycles. The van der Waals surface area contributed by atoms with Gasteiger partial charge in [-0.05, 0) is 51.8 Å². The molecule has 5 nitrogen and oxygen atoms in total. The fourth-order valence-electron chi connectivity index (χ4n) is 2.27. The summed E-state index contributed by atoms with van der Waals surface area (Å²) in [5.41, 5.74) is 5.09. The van der Waals surface area contributed by atoms with Crippen molar-refractivity contribution in [3.8, 4) is 0 Å². The number of nitrogens with zero attached hydrogens (tertiary/aromatic N) is 2. The van der Waals surface area contributed by atoms with E-state index in [1.165, 1.54) is 0 Å². The Morgan fingerprint density at radius 1 is 1.16 bits per heavy atom. The first-order valence-electron chi connectivity index (χ1n) is 7.43. The third kappa shape index (κ3) is 4.11. The molecule has 1 N–H and O–H groups in total. The molecule has 1 amide bonds. The Kier molecular flexibility index (Phi) is 5.24. The Morgan fingerprint density at radius 2 is 1.88 bits per heavy atom. The topological polar surface area (TPSA) is 57.8 Å². The predicted octanol–water partition coefficient (Wildman–Crippen LogP) is 4.79. The first-order valence-corrected chi connectivity index (χ1v) is 9.02. The summed E-state index contributed by atoms with van der Waals surface area (Å²) in [6.45, 7) is 0. The van der Waals surface area contributed by atoms with Gasteiger partial charge in [0.05, 0.1) is 10.7 Å². The summed E-state index contributed by atoms with van der Waals surface area (Å²) in [5.74, 6) is -0.200. The van der Waals surface area contributed by atoms with Crippen LogP contribution in [0.5, 0.6) is 0 Å². The fraction of sp³-hybridized carbons (Fsp3) is 0.111. The standard InChI is InChI=1S/C18H15Br2N3O2/c1-23(2)14-5-3-11(4-6-14)10-21-22-18(24)16-8-12-7-13(19)9-15(20)17(12)25-16/h3-10H,1-2H3,(H,22,24)/b21-10-. The van der Waals surface area contributed by atoms with Crippen LogP contribution in [0.25, 0.3) is 11.0 Å². The summed E-state index contributed by atoms with van der Waals surface area (Å²) in [6, 6.07) is 13.3. The minimum absolute atomic E-state index is 0.203. The lowest BCUT2D eigenvalue weighted by Crippen LogP contribution is -2.16. The van der Waals surface area contributed by atoms with Crippen molar-refractivity contribution in [1.29, 1.82) is 0 Å². The number of fused-ring (bicyclic) bond motifs is 1. The number of carbonyl (C=O) groups is 1. The lowest BCUT2D eigenvalue weighted by Gasteiger charge is -2.11. The van der Waals surface area contributed by atoms with E-state index in [1.54, 1.807) is 12.3 Å². The summed E-state index contributed by atoms with van der Waals surface area (Å²) in [7, 11) is 3.96. The van der Waals surface area contributed by atoms with Crippen molar-refractivity contribution in [2.75, 3.05) is 19.0 Å². The van der Waals surface area contributed by atoms with Crippen molar-refractivity contribution in [3.63, 3.8) is 0 Å². The highest BCUT2D eigenvalue weighted by Crippen LogP contribution is 2.30. The van der Waals surface area contributed by atoms with Crippen LogP contribution in [-0.4, -0.2) is 26.2 Å². The molecule has 0 bridgehead atoms. The van der Waals surface area contributed by atoms with Gasteiger partial charge in [0.25, 0.3) is 0 Å². The molecule has 0 unspecified atom stereocenters. The molecule has 25 heavy (non-hydrogen) atoms. The minimum Gasteiger partial charge on any atom is -0.450 e. The van der Waals surface area contributed by atoms with Crippen molar-refractivity contribution in [2.45, 2.75) is 0 Å². The lowest BCUT2D eigenvalue weighted by molar-refractivity contribution is 0.0929. The number of nitrogens with one attached hydrogen (secondary N) is 1. The van der Waals surface area contributed by atoms with Gasteiger partial charge in [-0.15, -0.1) is 0 Å². The van der Waals surface area contributed by atoms with E-state index in [2.05, 4.69) is 42.4 Å². The lowest BCUT2D eigenvalue weighted by atomic mass is 10.2. The van der Waals surface area contributed by atoms with Gasteiger partial charge in [0.15, 0.2) is 5.76 Å². The Hall–Kier alpha value is -2.12. The molecule has 0 fully saturated rings. The van der Waals surface area contributed by atoms with Crippen LogP contribution in [0.15, 0.2) is 60.9 Å². The quantitative estimate of drug-likeness (QED) is 0.446. The molecular weight excluding hydrogens is 450 g/mol. The van der Waals surface area contributed by atoms with Crippen molar-refractivity contribution in [2.24, 2.45) is 5.10 Å². The average molecular weight is 465 g/mol. The van der Waals surface area contributed by atoms with Crippen molar-refractivity contribution in [1.82, 2.24) is 5.43 Å². The maximum Gasteiger partial charge on any atom is 0.307 e. The zero-order valence-corrected chi connectivity index (χ0v) is 16.8. The minimum atomic E-state index is -0.402. The smallest absolute Gasteiger partial charge is 0.307 e. The Balaban J connectivity index is 1.71.